The van der Waals surface area contributed by atoms with E-state index in [0.717, 1.165) is 23.3 Å². The van der Waals surface area contributed by atoms with Crippen LogP contribution in [0.4, 0.5) is 17.6 Å². The van der Waals surface area contributed by atoms with Crippen molar-refractivity contribution in [3.05, 3.63) is 101 Å². The molecular formula is C28H27F4NO4. The summed E-state index contributed by atoms with van der Waals surface area (Å²) in [5, 5.41) is 11.8. The maximum absolute atomic E-state index is 13.7. The zero-order valence-electron chi connectivity index (χ0n) is 20.2. The van der Waals surface area contributed by atoms with Gasteiger partial charge >= 0.3 is 6.18 Å². The Hall–Kier alpha value is -2.98. The zero-order valence-corrected chi connectivity index (χ0v) is 20.2. The Morgan fingerprint density at radius 2 is 1.76 bits per heavy atom. The fourth-order valence-electron chi connectivity index (χ4n) is 5.32. The van der Waals surface area contributed by atoms with E-state index in [-0.39, 0.29) is 49.4 Å². The van der Waals surface area contributed by atoms with E-state index in [1.807, 2.05) is 35.2 Å². The van der Waals surface area contributed by atoms with E-state index < -0.39 is 23.1 Å². The summed E-state index contributed by atoms with van der Waals surface area (Å²) in [5.74, 6) is -0.238. The van der Waals surface area contributed by atoms with Gasteiger partial charge in [-0.2, -0.15) is 13.2 Å². The minimum absolute atomic E-state index is 0.0163. The van der Waals surface area contributed by atoms with Crippen LogP contribution in [-0.2, 0) is 27.8 Å². The lowest BCUT2D eigenvalue weighted by molar-refractivity contribution is -0.231. The minimum Gasteiger partial charge on any atom is -0.496 e. The molecule has 0 saturated carbocycles. The molecule has 2 heterocycles. The molecule has 0 radical (unpaired) electrons. The first-order chi connectivity index (χ1) is 17.6. The first-order valence-electron chi connectivity index (χ1n) is 11.9. The number of nitrogens with zero attached hydrogens (tertiary/aromatic N) is 1. The molecule has 2 aliphatic rings. The van der Waals surface area contributed by atoms with Gasteiger partial charge in [-0.3, -0.25) is 4.90 Å². The molecule has 3 atom stereocenters. The number of alkyl halides is 3. The lowest BCUT2D eigenvalue weighted by Gasteiger charge is -2.47. The van der Waals surface area contributed by atoms with Gasteiger partial charge in [0.15, 0.2) is 0 Å². The van der Waals surface area contributed by atoms with Gasteiger partial charge in [-0.1, -0.05) is 42.5 Å². The van der Waals surface area contributed by atoms with Gasteiger partial charge in [-0.05, 0) is 41.5 Å². The zero-order chi connectivity index (χ0) is 26.3. The standard InChI is InChI=1S/C28H27F4NO4/c1-35-25-12-9-21(28(30,31)32)13-23(25)26(34)16-27(18-36-17-26)33(14-19-5-3-2-4-6-19)24(15-37-27)20-7-10-22(29)11-8-20/h2-13,24,34H,14-18H2,1H3/t24-,26-,27?/m1/s1. The molecule has 0 aromatic heterocycles. The van der Waals surface area contributed by atoms with E-state index in [1.165, 1.54) is 25.3 Å². The summed E-state index contributed by atoms with van der Waals surface area (Å²) in [6, 6.07) is 18.5. The highest BCUT2D eigenvalue weighted by Gasteiger charge is 2.56. The van der Waals surface area contributed by atoms with Gasteiger partial charge in [0.05, 0.1) is 38.5 Å². The number of aliphatic hydroxyl groups is 1. The second-order valence-corrected chi connectivity index (χ2v) is 9.55. The maximum Gasteiger partial charge on any atom is 0.416 e. The molecule has 5 nitrogen and oxygen atoms in total. The molecule has 3 aromatic carbocycles. The van der Waals surface area contributed by atoms with E-state index in [4.69, 9.17) is 14.2 Å². The molecule has 0 bridgehead atoms. The van der Waals surface area contributed by atoms with Crippen molar-refractivity contribution in [3.8, 4) is 5.75 Å². The van der Waals surface area contributed by atoms with Crippen LogP contribution < -0.4 is 4.74 Å². The lowest BCUT2D eigenvalue weighted by atomic mass is 9.82. The topological polar surface area (TPSA) is 51.2 Å². The van der Waals surface area contributed by atoms with Gasteiger partial charge in [0.2, 0.25) is 0 Å². The smallest absolute Gasteiger partial charge is 0.416 e. The molecule has 5 rings (SSSR count). The van der Waals surface area contributed by atoms with Crippen molar-refractivity contribution < 1.29 is 36.9 Å². The number of halogens is 4. The van der Waals surface area contributed by atoms with Crippen molar-refractivity contribution in [2.24, 2.45) is 0 Å². The van der Waals surface area contributed by atoms with Crippen molar-refractivity contribution in [3.63, 3.8) is 0 Å². The number of benzene rings is 3. The minimum atomic E-state index is -4.60. The number of methoxy groups -OCH3 is 1. The molecule has 1 unspecified atom stereocenters. The normalized spacial score (nSPS) is 26.5. The second kappa shape index (κ2) is 9.72. The van der Waals surface area contributed by atoms with Crippen LogP contribution in [0.5, 0.6) is 5.75 Å². The van der Waals surface area contributed by atoms with Crippen molar-refractivity contribution >= 4 is 0 Å². The van der Waals surface area contributed by atoms with E-state index in [1.54, 1.807) is 12.1 Å². The Morgan fingerprint density at radius 3 is 2.43 bits per heavy atom. The Morgan fingerprint density at radius 1 is 1.03 bits per heavy atom. The van der Waals surface area contributed by atoms with Crippen LogP contribution in [0.2, 0.25) is 0 Å². The molecule has 0 aliphatic carbocycles. The van der Waals surface area contributed by atoms with E-state index in [2.05, 4.69) is 0 Å². The second-order valence-electron chi connectivity index (χ2n) is 9.55. The van der Waals surface area contributed by atoms with Gasteiger partial charge in [0, 0.05) is 18.5 Å². The summed E-state index contributed by atoms with van der Waals surface area (Å²) in [7, 11) is 1.34. The van der Waals surface area contributed by atoms with Crippen LogP contribution in [0.25, 0.3) is 0 Å². The number of hydrogen-bond acceptors (Lipinski definition) is 5. The van der Waals surface area contributed by atoms with Gasteiger partial charge < -0.3 is 19.3 Å². The molecular weight excluding hydrogens is 490 g/mol. The number of ether oxygens (including phenoxy) is 3. The highest BCUT2D eigenvalue weighted by Crippen LogP contribution is 2.49. The quantitative estimate of drug-likeness (QED) is 0.458. The van der Waals surface area contributed by atoms with E-state index in [9.17, 15) is 22.7 Å². The Bertz CT molecular complexity index is 1240. The molecule has 2 fully saturated rings. The van der Waals surface area contributed by atoms with Gasteiger partial charge in [-0.15, -0.1) is 0 Å². The van der Waals surface area contributed by atoms with Gasteiger partial charge in [-0.25, -0.2) is 4.39 Å². The summed E-state index contributed by atoms with van der Waals surface area (Å²) < 4.78 is 71.8. The highest BCUT2D eigenvalue weighted by molar-refractivity contribution is 5.43. The third-order valence-electron chi connectivity index (χ3n) is 7.13. The monoisotopic (exact) mass is 517 g/mol. The van der Waals surface area contributed by atoms with Crippen molar-refractivity contribution in [2.75, 3.05) is 26.9 Å². The molecule has 3 aromatic rings. The summed E-state index contributed by atoms with van der Waals surface area (Å²) in [6.07, 6.45) is -4.65. The Balaban J connectivity index is 1.55. The number of rotatable bonds is 5. The Labute approximate surface area is 212 Å². The molecule has 9 heteroatoms. The summed E-state index contributed by atoms with van der Waals surface area (Å²) >= 11 is 0. The first-order valence-corrected chi connectivity index (χ1v) is 11.9. The molecule has 1 spiro atoms. The third-order valence-corrected chi connectivity index (χ3v) is 7.13. The maximum atomic E-state index is 13.7. The van der Waals surface area contributed by atoms with Gasteiger partial charge in [0.25, 0.3) is 0 Å². The molecule has 37 heavy (non-hydrogen) atoms. The molecule has 1 N–H and O–H groups in total. The predicted octanol–water partition coefficient (Wildman–Crippen LogP) is 5.43. The SMILES string of the molecule is COc1ccc(C(F)(F)F)cc1[C@]1(O)COCC2(C1)OC[C@H](c1ccc(F)cc1)N2Cc1ccccc1. The molecule has 0 amide bonds. The van der Waals surface area contributed by atoms with Crippen molar-refractivity contribution in [1.82, 2.24) is 4.90 Å². The first kappa shape index (κ1) is 25.7. The van der Waals surface area contributed by atoms with Crippen LogP contribution in [0.15, 0.2) is 72.8 Å². The van der Waals surface area contributed by atoms with Crippen LogP contribution in [0.3, 0.4) is 0 Å². The number of hydrogen-bond donors (Lipinski definition) is 1. The van der Waals surface area contributed by atoms with Crippen LogP contribution in [0.1, 0.15) is 34.7 Å². The molecule has 2 saturated heterocycles. The summed E-state index contributed by atoms with van der Waals surface area (Å²) in [4.78, 5) is 2.04. The van der Waals surface area contributed by atoms with Crippen LogP contribution >= 0.6 is 0 Å². The van der Waals surface area contributed by atoms with E-state index in [0.29, 0.717) is 6.54 Å². The molecule has 196 valence electrons. The molecule has 2 aliphatic heterocycles. The van der Waals surface area contributed by atoms with Crippen LogP contribution in [-0.4, -0.2) is 42.7 Å². The third kappa shape index (κ3) is 4.96. The highest BCUT2D eigenvalue weighted by atomic mass is 19.4. The fourth-order valence-corrected chi connectivity index (χ4v) is 5.32. The van der Waals surface area contributed by atoms with Crippen molar-refractivity contribution in [2.45, 2.75) is 36.5 Å². The lowest BCUT2D eigenvalue weighted by Crippen LogP contribution is -2.58. The summed E-state index contributed by atoms with van der Waals surface area (Å²) in [6.45, 7) is 0.525. The average Bonchev–Trinajstić information content (AvgIpc) is 3.20. The predicted molar refractivity (Wildman–Crippen MR) is 127 cm³/mol. The summed E-state index contributed by atoms with van der Waals surface area (Å²) in [5.41, 5.74) is -2.09. The fraction of sp³-hybridized carbons (Fsp3) is 0.357. The largest absolute Gasteiger partial charge is 0.496 e. The van der Waals surface area contributed by atoms with Gasteiger partial charge in [0.1, 0.15) is 22.9 Å². The van der Waals surface area contributed by atoms with Crippen LogP contribution in [0, 0.1) is 5.82 Å². The average molecular weight is 518 g/mol. The van der Waals surface area contributed by atoms with Crippen molar-refractivity contribution in [1.29, 1.82) is 0 Å². The Kier molecular flexibility index (Phi) is 6.74. The van der Waals surface area contributed by atoms with E-state index >= 15 is 0 Å².